The molecule has 1 N–H and O–H groups in total. The van der Waals surface area contributed by atoms with Gasteiger partial charge in [-0.15, -0.1) is 0 Å². The van der Waals surface area contributed by atoms with Crippen molar-refractivity contribution in [2.75, 3.05) is 13.6 Å². The summed E-state index contributed by atoms with van der Waals surface area (Å²) in [6, 6.07) is 26.0. The number of nitrogens with zero attached hydrogens (tertiary/aromatic N) is 2. The van der Waals surface area contributed by atoms with Crippen LogP contribution < -0.4 is 5.32 Å². The Hall–Kier alpha value is -3.86. The number of carbonyl (C=O) groups excluding carboxylic acids is 2. The molecular weight excluding hydrogens is 458 g/mol. The van der Waals surface area contributed by atoms with E-state index in [9.17, 15) is 9.59 Å². The molecule has 6 rings (SSSR count). The highest BCUT2D eigenvalue weighted by atomic mass is 16.2. The lowest BCUT2D eigenvalue weighted by atomic mass is 9.77. The number of para-hydroxylation sites is 1. The van der Waals surface area contributed by atoms with E-state index >= 15 is 0 Å². The maximum atomic E-state index is 14.2. The fourth-order valence-corrected chi connectivity index (χ4v) is 6.73. The molecule has 4 aromatic rings. The Kier molecular flexibility index (Phi) is 5.86. The Bertz CT molecular complexity index is 1470. The molecule has 5 heteroatoms. The quantitative estimate of drug-likeness (QED) is 0.388. The molecule has 0 spiro atoms. The van der Waals surface area contributed by atoms with Crippen molar-refractivity contribution in [1.82, 2.24) is 14.8 Å². The highest BCUT2D eigenvalue weighted by Gasteiger charge is 2.44. The van der Waals surface area contributed by atoms with E-state index in [4.69, 9.17) is 0 Å². The van der Waals surface area contributed by atoms with Gasteiger partial charge in [-0.3, -0.25) is 9.59 Å². The first-order valence-corrected chi connectivity index (χ1v) is 13.2. The number of hydrogen-bond donors (Lipinski definition) is 1. The van der Waals surface area contributed by atoms with Crippen LogP contribution in [-0.2, 0) is 17.3 Å². The molecule has 2 unspecified atom stereocenters. The molecule has 5 nitrogen and oxygen atoms in total. The van der Waals surface area contributed by atoms with Crippen LogP contribution in [0.2, 0.25) is 0 Å². The second kappa shape index (κ2) is 9.22. The Morgan fingerprint density at radius 2 is 1.57 bits per heavy atom. The first-order chi connectivity index (χ1) is 18.0. The monoisotopic (exact) mass is 491 g/mol. The number of hydrogen-bond acceptors (Lipinski definition) is 2. The minimum atomic E-state index is -0.501. The van der Waals surface area contributed by atoms with Gasteiger partial charge in [0, 0.05) is 54.3 Å². The van der Waals surface area contributed by atoms with Crippen molar-refractivity contribution < 1.29 is 9.59 Å². The minimum absolute atomic E-state index is 0.0214. The summed E-state index contributed by atoms with van der Waals surface area (Å²) in [6.07, 6.45) is 6.57. The number of carbonyl (C=O) groups is 2. The van der Waals surface area contributed by atoms with E-state index in [2.05, 4.69) is 52.5 Å². The molecule has 1 aliphatic heterocycles. The minimum Gasteiger partial charge on any atom is -0.355 e. The van der Waals surface area contributed by atoms with Crippen molar-refractivity contribution in [2.24, 2.45) is 7.05 Å². The number of fused-ring (bicyclic) bond motifs is 2. The van der Waals surface area contributed by atoms with Crippen LogP contribution in [0.25, 0.3) is 10.9 Å². The van der Waals surface area contributed by atoms with Gasteiger partial charge < -0.3 is 14.8 Å². The topological polar surface area (TPSA) is 54.3 Å². The SMILES string of the molecule is CN1C(=O)c2ccccc2C(C(=O)NCC2(c3ccccc3)CCCC2)C1c1cn(C)c2ccccc12. The zero-order valence-electron chi connectivity index (χ0n) is 21.5. The highest BCUT2D eigenvalue weighted by molar-refractivity contribution is 6.02. The van der Waals surface area contributed by atoms with Crippen LogP contribution in [0.1, 0.15) is 64.7 Å². The van der Waals surface area contributed by atoms with Crippen molar-refractivity contribution >= 4 is 22.7 Å². The van der Waals surface area contributed by atoms with Gasteiger partial charge >= 0.3 is 0 Å². The van der Waals surface area contributed by atoms with Gasteiger partial charge in [0.15, 0.2) is 0 Å². The van der Waals surface area contributed by atoms with E-state index in [1.54, 1.807) is 4.90 Å². The molecule has 2 heterocycles. The lowest BCUT2D eigenvalue weighted by Gasteiger charge is -2.40. The van der Waals surface area contributed by atoms with E-state index in [-0.39, 0.29) is 17.2 Å². The molecule has 1 aromatic heterocycles. The van der Waals surface area contributed by atoms with Crippen LogP contribution in [-0.4, -0.2) is 34.9 Å². The van der Waals surface area contributed by atoms with Gasteiger partial charge in [0.1, 0.15) is 0 Å². The maximum Gasteiger partial charge on any atom is 0.254 e. The third-order valence-corrected chi connectivity index (χ3v) is 8.66. The van der Waals surface area contributed by atoms with E-state index < -0.39 is 12.0 Å². The molecule has 2 aliphatic rings. The smallest absolute Gasteiger partial charge is 0.254 e. The number of likely N-dealkylation sites (N-methyl/N-ethyl adjacent to an activating group) is 1. The van der Waals surface area contributed by atoms with Gasteiger partial charge in [-0.25, -0.2) is 0 Å². The fourth-order valence-electron chi connectivity index (χ4n) is 6.73. The molecule has 0 bridgehead atoms. The Balaban J connectivity index is 1.41. The second-order valence-corrected chi connectivity index (χ2v) is 10.7. The van der Waals surface area contributed by atoms with Crippen molar-refractivity contribution in [3.8, 4) is 0 Å². The van der Waals surface area contributed by atoms with Gasteiger partial charge in [0.2, 0.25) is 5.91 Å². The molecular formula is C32H33N3O2. The molecule has 1 fully saturated rings. The number of nitrogens with one attached hydrogen (secondary N) is 1. The largest absolute Gasteiger partial charge is 0.355 e. The molecule has 2 amide bonds. The fraction of sp³-hybridized carbons (Fsp3) is 0.312. The summed E-state index contributed by atoms with van der Waals surface area (Å²) in [6.45, 7) is 0.606. The van der Waals surface area contributed by atoms with Crippen molar-refractivity contribution in [2.45, 2.75) is 43.1 Å². The highest BCUT2D eigenvalue weighted by Crippen LogP contribution is 2.45. The van der Waals surface area contributed by atoms with Crippen LogP contribution in [0, 0.1) is 0 Å². The Morgan fingerprint density at radius 3 is 2.35 bits per heavy atom. The number of aromatic nitrogens is 1. The molecule has 2 atom stereocenters. The van der Waals surface area contributed by atoms with E-state index in [0.29, 0.717) is 12.1 Å². The maximum absolute atomic E-state index is 14.2. The van der Waals surface area contributed by atoms with Gasteiger partial charge in [0.25, 0.3) is 5.91 Å². The average Bonchev–Trinajstić information content (AvgIpc) is 3.55. The number of amides is 2. The predicted octanol–water partition coefficient (Wildman–Crippen LogP) is 5.72. The summed E-state index contributed by atoms with van der Waals surface area (Å²) in [5, 5.41) is 4.45. The van der Waals surface area contributed by atoms with Crippen molar-refractivity contribution in [3.63, 3.8) is 0 Å². The molecule has 37 heavy (non-hydrogen) atoms. The first kappa shape index (κ1) is 23.5. The summed E-state index contributed by atoms with van der Waals surface area (Å²) < 4.78 is 2.08. The molecule has 0 saturated heterocycles. The van der Waals surface area contributed by atoms with Gasteiger partial charge in [-0.1, -0.05) is 79.6 Å². The van der Waals surface area contributed by atoms with Gasteiger partial charge in [-0.2, -0.15) is 0 Å². The van der Waals surface area contributed by atoms with Crippen LogP contribution in [0.4, 0.5) is 0 Å². The Labute approximate surface area is 218 Å². The third-order valence-electron chi connectivity index (χ3n) is 8.66. The van der Waals surface area contributed by atoms with Crippen molar-refractivity contribution in [3.05, 3.63) is 107 Å². The summed E-state index contributed by atoms with van der Waals surface area (Å²) in [5.41, 5.74) is 4.77. The Morgan fingerprint density at radius 1 is 0.892 bits per heavy atom. The molecule has 1 saturated carbocycles. The third kappa shape index (κ3) is 3.85. The van der Waals surface area contributed by atoms with Crippen LogP contribution in [0.15, 0.2) is 85.1 Å². The zero-order valence-corrected chi connectivity index (χ0v) is 21.5. The number of rotatable bonds is 5. The standard InChI is InChI=1S/C32H33N3O2/c1-34-20-26(23-14-8-9-17-27(23)34)29-28(24-15-6-7-16-25(24)31(37)35(29)2)30(36)33-21-32(18-10-11-19-32)22-12-4-3-5-13-22/h3-9,12-17,20,28-29H,10-11,18-19,21H2,1-2H3,(H,33,36). The molecule has 1 aliphatic carbocycles. The number of benzene rings is 3. The van der Waals surface area contributed by atoms with Crippen LogP contribution in [0.5, 0.6) is 0 Å². The molecule has 188 valence electrons. The summed E-state index contributed by atoms with van der Waals surface area (Å²) in [5.74, 6) is -0.569. The second-order valence-electron chi connectivity index (χ2n) is 10.7. The van der Waals surface area contributed by atoms with E-state index in [1.165, 1.54) is 18.4 Å². The summed E-state index contributed by atoms with van der Waals surface area (Å²) >= 11 is 0. The average molecular weight is 492 g/mol. The normalized spacial score (nSPS) is 20.7. The van der Waals surface area contributed by atoms with Gasteiger partial charge in [0.05, 0.1) is 12.0 Å². The lowest BCUT2D eigenvalue weighted by molar-refractivity contribution is -0.124. The van der Waals surface area contributed by atoms with Gasteiger partial charge in [-0.05, 0) is 36.1 Å². The van der Waals surface area contributed by atoms with Crippen LogP contribution in [0.3, 0.4) is 0 Å². The molecule has 0 radical (unpaired) electrons. The van der Waals surface area contributed by atoms with Crippen molar-refractivity contribution in [1.29, 1.82) is 0 Å². The summed E-state index contributed by atoms with van der Waals surface area (Å²) in [4.78, 5) is 29.5. The van der Waals surface area contributed by atoms with Crippen LogP contribution >= 0.6 is 0 Å². The van der Waals surface area contributed by atoms with E-state index in [0.717, 1.165) is 34.9 Å². The first-order valence-electron chi connectivity index (χ1n) is 13.2. The zero-order chi connectivity index (χ0) is 25.6. The summed E-state index contributed by atoms with van der Waals surface area (Å²) in [7, 11) is 3.84. The van der Waals surface area contributed by atoms with E-state index in [1.807, 2.05) is 56.6 Å². The lowest BCUT2D eigenvalue weighted by Crippen LogP contribution is -2.48. The number of aryl methyl sites for hydroxylation is 1. The predicted molar refractivity (Wildman–Crippen MR) is 147 cm³/mol. The molecule has 3 aromatic carbocycles.